The molecule has 4 aliphatic rings. The van der Waals surface area contributed by atoms with Crippen molar-refractivity contribution in [1.82, 2.24) is 4.90 Å². The molecule has 5 nitrogen and oxygen atoms in total. The maximum absolute atomic E-state index is 13.1. The predicted octanol–water partition coefficient (Wildman–Crippen LogP) is 1.54. The maximum Gasteiger partial charge on any atom is 0.313 e. The number of carbonyl (C=O) groups is 2. The highest BCUT2D eigenvalue weighted by molar-refractivity contribution is 5.94. The van der Waals surface area contributed by atoms with Gasteiger partial charge in [0.15, 0.2) is 0 Å². The van der Waals surface area contributed by atoms with Gasteiger partial charge in [-0.2, -0.15) is 0 Å². The summed E-state index contributed by atoms with van der Waals surface area (Å²) in [5.74, 6) is -1.69. The molecule has 5 rings (SSSR count). The Morgan fingerprint density at radius 2 is 2.17 bits per heavy atom. The zero-order chi connectivity index (χ0) is 16.0. The summed E-state index contributed by atoms with van der Waals surface area (Å²) < 4.78 is 6.20. The Hall–Kier alpha value is -2.14. The van der Waals surface area contributed by atoms with E-state index in [4.69, 9.17) is 4.74 Å². The van der Waals surface area contributed by atoms with Crippen LogP contribution in [-0.4, -0.2) is 40.1 Å². The highest BCUT2D eigenvalue weighted by atomic mass is 16.5. The third-order valence-electron chi connectivity index (χ3n) is 6.21. The van der Waals surface area contributed by atoms with E-state index in [9.17, 15) is 14.7 Å². The number of carbonyl (C=O) groups excluding carboxylic acids is 1. The van der Waals surface area contributed by atoms with Crippen molar-refractivity contribution in [1.29, 1.82) is 0 Å². The number of nitrogens with zero attached hydrogens (tertiary/aromatic N) is 1. The van der Waals surface area contributed by atoms with Crippen molar-refractivity contribution in [3.63, 3.8) is 0 Å². The number of amides is 1. The van der Waals surface area contributed by atoms with Gasteiger partial charge in [0.25, 0.3) is 0 Å². The number of carboxylic acid groups (broad SMARTS) is 1. The molecule has 118 valence electrons. The van der Waals surface area contributed by atoms with Crippen molar-refractivity contribution in [2.24, 2.45) is 11.3 Å². The van der Waals surface area contributed by atoms with E-state index in [0.29, 0.717) is 6.54 Å². The van der Waals surface area contributed by atoms with Gasteiger partial charge in [-0.25, -0.2) is 0 Å². The van der Waals surface area contributed by atoms with Gasteiger partial charge < -0.3 is 14.7 Å². The highest BCUT2D eigenvalue weighted by Gasteiger charge is 2.76. The van der Waals surface area contributed by atoms with Crippen molar-refractivity contribution >= 4 is 11.9 Å². The molecular formula is C18H17NO4. The van der Waals surface area contributed by atoms with Gasteiger partial charge >= 0.3 is 5.97 Å². The zero-order valence-corrected chi connectivity index (χ0v) is 12.7. The molecule has 1 aromatic rings. The molecule has 0 saturated carbocycles. The Kier molecular flexibility index (Phi) is 2.23. The molecule has 2 fully saturated rings. The number of fused-ring (bicyclic) bond motifs is 4. The largest absolute Gasteiger partial charge is 0.481 e. The van der Waals surface area contributed by atoms with Crippen LogP contribution in [-0.2, 0) is 20.7 Å². The molecule has 0 radical (unpaired) electrons. The molecule has 4 heterocycles. The van der Waals surface area contributed by atoms with Crippen molar-refractivity contribution in [3.8, 4) is 0 Å². The first-order valence-electron chi connectivity index (χ1n) is 7.99. The second-order valence-corrected chi connectivity index (χ2v) is 7.15. The van der Waals surface area contributed by atoms with E-state index in [0.717, 1.165) is 12.0 Å². The number of benzene rings is 1. The fraction of sp³-hybridized carbons (Fsp3) is 0.444. The standard InChI is InChI=1S/C18H17NO4/c1-17(16(21)22)12-6-8-18(23-12)13(17)15(20)19-9-7-10-4-2-3-5-11(10)14(18)19/h2-6,8,12-14H,7,9H2,1H3,(H,21,22)/t12-,13-,14-,17-,18+/m0/s1. The summed E-state index contributed by atoms with van der Waals surface area (Å²) >= 11 is 0. The first-order chi connectivity index (χ1) is 11.0. The summed E-state index contributed by atoms with van der Waals surface area (Å²) in [5, 5.41) is 9.80. The van der Waals surface area contributed by atoms with E-state index in [1.54, 1.807) is 6.92 Å². The smallest absolute Gasteiger partial charge is 0.313 e. The molecule has 1 amide bonds. The van der Waals surface area contributed by atoms with Crippen LogP contribution in [0.5, 0.6) is 0 Å². The van der Waals surface area contributed by atoms with Gasteiger partial charge in [-0.1, -0.05) is 36.4 Å². The van der Waals surface area contributed by atoms with E-state index < -0.39 is 29.0 Å². The molecule has 2 bridgehead atoms. The Labute approximate surface area is 133 Å². The number of carboxylic acids is 1. The first-order valence-corrected chi connectivity index (χ1v) is 7.99. The molecular weight excluding hydrogens is 294 g/mol. The zero-order valence-electron chi connectivity index (χ0n) is 12.7. The first kappa shape index (κ1) is 13.3. The van der Waals surface area contributed by atoms with Crippen molar-refractivity contribution in [3.05, 3.63) is 47.5 Å². The lowest BCUT2D eigenvalue weighted by atomic mass is 9.64. The Morgan fingerprint density at radius 1 is 1.39 bits per heavy atom. The number of rotatable bonds is 1. The van der Waals surface area contributed by atoms with Crippen LogP contribution in [0.2, 0.25) is 0 Å². The molecule has 0 unspecified atom stereocenters. The third kappa shape index (κ3) is 1.26. The van der Waals surface area contributed by atoms with Crippen molar-refractivity contribution in [2.45, 2.75) is 31.1 Å². The summed E-state index contributed by atoms with van der Waals surface area (Å²) in [4.78, 5) is 26.9. The molecule has 1 aromatic carbocycles. The fourth-order valence-corrected chi connectivity index (χ4v) is 5.12. The van der Waals surface area contributed by atoms with Gasteiger partial charge in [0.1, 0.15) is 11.0 Å². The molecule has 1 N–H and O–H groups in total. The average molecular weight is 311 g/mol. The molecule has 4 aliphatic heterocycles. The van der Waals surface area contributed by atoms with Crippen LogP contribution in [0, 0.1) is 11.3 Å². The van der Waals surface area contributed by atoms with Crippen LogP contribution < -0.4 is 0 Å². The molecule has 0 aliphatic carbocycles. The summed E-state index contributed by atoms with van der Waals surface area (Å²) in [6.07, 6.45) is 4.04. The highest BCUT2D eigenvalue weighted by Crippen LogP contribution is 2.65. The molecule has 2 saturated heterocycles. The summed E-state index contributed by atoms with van der Waals surface area (Å²) in [6.45, 7) is 2.27. The lowest BCUT2D eigenvalue weighted by Crippen LogP contribution is -2.47. The quantitative estimate of drug-likeness (QED) is 0.799. The van der Waals surface area contributed by atoms with Crippen LogP contribution in [0.25, 0.3) is 0 Å². The molecule has 0 aromatic heterocycles. The SMILES string of the molecule is C[C@]1(C(=O)O)[C@@H]2C=C[C@]3(O2)[C@@H]2c4ccccc4CCN2C(=O)[C@H]31. The summed E-state index contributed by atoms with van der Waals surface area (Å²) in [7, 11) is 0. The van der Waals surface area contributed by atoms with Gasteiger partial charge in [-0.3, -0.25) is 9.59 Å². The predicted molar refractivity (Wildman–Crippen MR) is 80.6 cm³/mol. The van der Waals surface area contributed by atoms with E-state index in [2.05, 4.69) is 6.07 Å². The van der Waals surface area contributed by atoms with Gasteiger partial charge in [0.05, 0.1) is 18.1 Å². The van der Waals surface area contributed by atoms with Crippen LogP contribution in [0.15, 0.2) is 36.4 Å². The van der Waals surface area contributed by atoms with E-state index >= 15 is 0 Å². The second kappa shape index (κ2) is 3.85. The molecule has 1 spiro atoms. The second-order valence-electron chi connectivity index (χ2n) is 7.15. The third-order valence-corrected chi connectivity index (χ3v) is 6.21. The number of aliphatic carboxylic acids is 1. The van der Waals surface area contributed by atoms with Crippen molar-refractivity contribution in [2.75, 3.05) is 6.54 Å². The lowest BCUT2D eigenvalue weighted by molar-refractivity contribution is -0.156. The van der Waals surface area contributed by atoms with Gasteiger partial charge in [-0.15, -0.1) is 0 Å². The minimum atomic E-state index is -1.20. The summed E-state index contributed by atoms with van der Waals surface area (Å²) in [6, 6.07) is 7.88. The number of ether oxygens (including phenoxy) is 1. The van der Waals surface area contributed by atoms with Crippen LogP contribution in [0.4, 0.5) is 0 Å². The van der Waals surface area contributed by atoms with Gasteiger partial charge in [0, 0.05) is 6.54 Å². The van der Waals surface area contributed by atoms with Crippen LogP contribution in [0.3, 0.4) is 0 Å². The Bertz CT molecular complexity index is 787. The van der Waals surface area contributed by atoms with Crippen molar-refractivity contribution < 1.29 is 19.4 Å². The topological polar surface area (TPSA) is 66.8 Å². The van der Waals surface area contributed by atoms with E-state index in [-0.39, 0.29) is 11.9 Å². The minimum absolute atomic E-state index is 0.0822. The van der Waals surface area contributed by atoms with Crippen LogP contribution >= 0.6 is 0 Å². The monoisotopic (exact) mass is 311 g/mol. The van der Waals surface area contributed by atoms with Gasteiger partial charge in [-0.05, 0) is 24.5 Å². The fourth-order valence-electron chi connectivity index (χ4n) is 5.12. The molecule has 5 atom stereocenters. The normalized spacial score (nSPS) is 42.6. The molecule has 5 heteroatoms. The lowest BCUT2D eigenvalue weighted by Gasteiger charge is -2.38. The average Bonchev–Trinajstić information content (AvgIpc) is 3.16. The molecule has 23 heavy (non-hydrogen) atoms. The Morgan fingerprint density at radius 3 is 2.96 bits per heavy atom. The minimum Gasteiger partial charge on any atom is -0.481 e. The Balaban J connectivity index is 1.75. The number of hydrogen-bond acceptors (Lipinski definition) is 3. The summed E-state index contributed by atoms with van der Waals surface area (Å²) in [5.41, 5.74) is 0.277. The van der Waals surface area contributed by atoms with Gasteiger partial charge in [0.2, 0.25) is 5.91 Å². The van der Waals surface area contributed by atoms with E-state index in [1.807, 2.05) is 35.3 Å². The maximum atomic E-state index is 13.1. The van der Waals surface area contributed by atoms with E-state index in [1.165, 1.54) is 5.56 Å². The van der Waals surface area contributed by atoms with Crippen LogP contribution in [0.1, 0.15) is 24.1 Å². The number of hydrogen-bond donors (Lipinski definition) is 1.